The van der Waals surface area contributed by atoms with Crippen LogP contribution in [0.1, 0.15) is 22.0 Å². The van der Waals surface area contributed by atoms with Crippen molar-refractivity contribution < 1.29 is 9.53 Å². The van der Waals surface area contributed by atoms with Crippen LogP contribution in [0, 0.1) is 0 Å². The van der Waals surface area contributed by atoms with E-state index in [4.69, 9.17) is 4.74 Å². The highest BCUT2D eigenvalue weighted by atomic mass is 16.5. The molecule has 4 nitrogen and oxygen atoms in total. The van der Waals surface area contributed by atoms with Gasteiger partial charge in [0, 0.05) is 17.7 Å². The van der Waals surface area contributed by atoms with Gasteiger partial charge in [0.25, 0.3) is 5.91 Å². The minimum Gasteiger partial charge on any atom is -0.496 e. The normalized spacial score (nSPS) is 12.2. The lowest BCUT2D eigenvalue weighted by Crippen LogP contribution is -2.34. The summed E-state index contributed by atoms with van der Waals surface area (Å²) >= 11 is 0. The van der Waals surface area contributed by atoms with Crippen molar-refractivity contribution >= 4 is 16.7 Å². The molecule has 0 aliphatic heterocycles. The number of ether oxygens (including phenoxy) is 1. The average molecular weight is 348 g/mol. The SMILES string of the molecule is COc1ccccc1C(CNC(=O)c1ccc2ccccc2c1)N(C)C. The van der Waals surface area contributed by atoms with Crippen molar-refractivity contribution in [2.45, 2.75) is 6.04 Å². The van der Waals surface area contributed by atoms with E-state index >= 15 is 0 Å². The number of rotatable bonds is 6. The number of carbonyl (C=O) groups excluding carboxylic acids is 1. The summed E-state index contributed by atoms with van der Waals surface area (Å²) < 4.78 is 5.48. The fourth-order valence-corrected chi connectivity index (χ4v) is 3.13. The first-order valence-electron chi connectivity index (χ1n) is 8.66. The van der Waals surface area contributed by atoms with E-state index in [1.54, 1.807) is 7.11 Å². The Morgan fingerprint density at radius 1 is 1.00 bits per heavy atom. The van der Waals surface area contributed by atoms with E-state index in [0.717, 1.165) is 22.1 Å². The van der Waals surface area contributed by atoms with Crippen LogP contribution in [0.4, 0.5) is 0 Å². The standard InChI is InChI=1S/C22H24N2O2/c1-24(2)20(19-10-6-7-11-21(19)26-3)15-23-22(25)18-13-12-16-8-4-5-9-17(16)14-18/h4-14,20H,15H2,1-3H3,(H,23,25). The van der Waals surface area contributed by atoms with E-state index in [-0.39, 0.29) is 11.9 Å². The van der Waals surface area contributed by atoms with Crippen LogP contribution in [-0.2, 0) is 0 Å². The van der Waals surface area contributed by atoms with Crippen LogP contribution in [0.2, 0.25) is 0 Å². The molecule has 1 amide bonds. The fraction of sp³-hybridized carbons (Fsp3) is 0.227. The maximum absolute atomic E-state index is 12.6. The number of amides is 1. The minimum atomic E-state index is -0.0718. The predicted molar refractivity (Wildman–Crippen MR) is 106 cm³/mol. The topological polar surface area (TPSA) is 41.6 Å². The maximum atomic E-state index is 12.6. The second kappa shape index (κ2) is 8.02. The summed E-state index contributed by atoms with van der Waals surface area (Å²) in [6.45, 7) is 0.499. The zero-order valence-corrected chi connectivity index (χ0v) is 15.4. The third-order valence-electron chi connectivity index (χ3n) is 4.59. The quantitative estimate of drug-likeness (QED) is 0.735. The largest absolute Gasteiger partial charge is 0.496 e. The van der Waals surface area contributed by atoms with Gasteiger partial charge in [-0.05, 0) is 43.1 Å². The van der Waals surface area contributed by atoms with Crippen molar-refractivity contribution in [3.05, 3.63) is 77.9 Å². The highest BCUT2D eigenvalue weighted by molar-refractivity contribution is 5.98. The summed E-state index contributed by atoms with van der Waals surface area (Å²) in [5.41, 5.74) is 1.72. The van der Waals surface area contributed by atoms with E-state index in [9.17, 15) is 4.79 Å². The number of nitrogens with zero attached hydrogens (tertiary/aromatic N) is 1. The second-order valence-corrected chi connectivity index (χ2v) is 6.49. The van der Waals surface area contributed by atoms with Gasteiger partial charge in [0.15, 0.2) is 0 Å². The Morgan fingerprint density at radius 3 is 2.42 bits per heavy atom. The predicted octanol–water partition coefficient (Wildman–Crippen LogP) is 3.88. The van der Waals surface area contributed by atoms with E-state index in [2.05, 4.69) is 10.2 Å². The Morgan fingerprint density at radius 2 is 1.69 bits per heavy atom. The third-order valence-corrected chi connectivity index (χ3v) is 4.59. The number of para-hydroxylation sites is 1. The number of hydrogen-bond acceptors (Lipinski definition) is 3. The van der Waals surface area contributed by atoms with Gasteiger partial charge < -0.3 is 15.0 Å². The van der Waals surface area contributed by atoms with Crippen molar-refractivity contribution in [1.82, 2.24) is 10.2 Å². The highest BCUT2D eigenvalue weighted by Crippen LogP contribution is 2.27. The van der Waals surface area contributed by atoms with Gasteiger partial charge in [0.1, 0.15) is 5.75 Å². The van der Waals surface area contributed by atoms with Crippen LogP contribution < -0.4 is 10.1 Å². The molecule has 0 heterocycles. The average Bonchev–Trinajstić information content (AvgIpc) is 2.67. The molecule has 0 radical (unpaired) electrons. The number of carbonyl (C=O) groups is 1. The molecule has 0 saturated heterocycles. The molecule has 0 bridgehead atoms. The number of nitrogens with one attached hydrogen (secondary N) is 1. The molecule has 4 heteroatoms. The third kappa shape index (κ3) is 3.86. The van der Waals surface area contributed by atoms with Gasteiger partial charge in [0.05, 0.1) is 13.2 Å². The molecule has 26 heavy (non-hydrogen) atoms. The zero-order valence-electron chi connectivity index (χ0n) is 15.4. The van der Waals surface area contributed by atoms with Gasteiger partial charge >= 0.3 is 0 Å². The van der Waals surface area contributed by atoms with E-state index in [0.29, 0.717) is 12.1 Å². The van der Waals surface area contributed by atoms with Crippen LogP contribution in [0.25, 0.3) is 10.8 Å². The van der Waals surface area contributed by atoms with Gasteiger partial charge in [-0.15, -0.1) is 0 Å². The highest BCUT2D eigenvalue weighted by Gasteiger charge is 2.19. The molecule has 134 valence electrons. The molecule has 0 saturated carbocycles. The summed E-state index contributed by atoms with van der Waals surface area (Å²) in [4.78, 5) is 14.7. The first-order chi connectivity index (χ1) is 12.6. The van der Waals surface area contributed by atoms with E-state index in [1.807, 2.05) is 80.8 Å². The van der Waals surface area contributed by atoms with E-state index in [1.165, 1.54) is 0 Å². The lowest BCUT2D eigenvalue weighted by atomic mass is 10.0. The summed E-state index contributed by atoms with van der Waals surface area (Å²) in [6.07, 6.45) is 0. The first-order valence-corrected chi connectivity index (χ1v) is 8.66. The van der Waals surface area contributed by atoms with Crippen LogP contribution in [0.5, 0.6) is 5.75 Å². The number of fused-ring (bicyclic) bond motifs is 1. The monoisotopic (exact) mass is 348 g/mol. The first kappa shape index (κ1) is 18.0. The van der Waals surface area contributed by atoms with Crippen molar-refractivity contribution in [2.75, 3.05) is 27.7 Å². The molecule has 0 aromatic heterocycles. The van der Waals surface area contributed by atoms with E-state index < -0.39 is 0 Å². The molecule has 1 atom stereocenters. The number of hydrogen-bond donors (Lipinski definition) is 1. The number of benzene rings is 3. The van der Waals surface area contributed by atoms with Crippen molar-refractivity contribution in [3.63, 3.8) is 0 Å². The smallest absolute Gasteiger partial charge is 0.251 e. The van der Waals surface area contributed by atoms with Gasteiger partial charge in [-0.3, -0.25) is 4.79 Å². The Bertz CT molecular complexity index is 905. The zero-order chi connectivity index (χ0) is 18.5. The van der Waals surface area contributed by atoms with Crippen molar-refractivity contribution in [2.24, 2.45) is 0 Å². The molecule has 0 aliphatic carbocycles. The Kier molecular flexibility index (Phi) is 5.54. The van der Waals surface area contributed by atoms with Crippen molar-refractivity contribution in [1.29, 1.82) is 0 Å². The molecule has 3 aromatic carbocycles. The maximum Gasteiger partial charge on any atom is 0.251 e. The minimum absolute atomic E-state index is 0.0237. The molecule has 0 spiro atoms. The fourth-order valence-electron chi connectivity index (χ4n) is 3.13. The van der Waals surface area contributed by atoms with Gasteiger partial charge in [-0.1, -0.05) is 48.5 Å². The molecule has 0 aliphatic rings. The number of methoxy groups -OCH3 is 1. The molecule has 0 fully saturated rings. The number of likely N-dealkylation sites (N-methyl/N-ethyl adjacent to an activating group) is 1. The Hall–Kier alpha value is -2.85. The van der Waals surface area contributed by atoms with Gasteiger partial charge in [0.2, 0.25) is 0 Å². The molecular weight excluding hydrogens is 324 g/mol. The molecular formula is C22H24N2O2. The summed E-state index contributed by atoms with van der Waals surface area (Å²) in [5, 5.41) is 5.25. The van der Waals surface area contributed by atoms with Crippen LogP contribution >= 0.6 is 0 Å². The summed E-state index contributed by atoms with van der Waals surface area (Å²) in [6, 6.07) is 21.7. The lowest BCUT2D eigenvalue weighted by Gasteiger charge is -2.26. The van der Waals surface area contributed by atoms with Gasteiger partial charge in [-0.25, -0.2) is 0 Å². The van der Waals surface area contributed by atoms with Crippen molar-refractivity contribution in [3.8, 4) is 5.75 Å². The lowest BCUT2D eigenvalue weighted by molar-refractivity contribution is 0.0941. The molecule has 3 rings (SSSR count). The van der Waals surface area contributed by atoms with Crippen LogP contribution in [0.15, 0.2) is 66.7 Å². The Labute approximate surface area is 154 Å². The van der Waals surface area contributed by atoms with Gasteiger partial charge in [-0.2, -0.15) is 0 Å². The summed E-state index contributed by atoms with van der Waals surface area (Å²) in [7, 11) is 5.66. The summed E-state index contributed by atoms with van der Waals surface area (Å²) in [5.74, 6) is 0.753. The molecule has 1 N–H and O–H groups in total. The van der Waals surface area contributed by atoms with Crippen LogP contribution in [0.3, 0.4) is 0 Å². The van der Waals surface area contributed by atoms with Crippen LogP contribution in [-0.4, -0.2) is 38.6 Å². The molecule has 3 aromatic rings. The second-order valence-electron chi connectivity index (χ2n) is 6.49. The Balaban J connectivity index is 1.77. The molecule has 1 unspecified atom stereocenters.